The molecule has 0 bridgehead atoms. The molecule has 0 aromatic heterocycles. The topological polar surface area (TPSA) is 23.6 Å². The largest absolute Gasteiger partial charge is 0.325 e. The van der Waals surface area contributed by atoms with Gasteiger partial charge in [0.1, 0.15) is 5.37 Å². The van der Waals surface area contributed by atoms with Crippen LogP contribution in [0.25, 0.3) is 0 Å². The SMILES string of the molecule is CSc1ccc(C2SCCC(=O)N2CCN(C)C)cc1. The molecule has 20 heavy (non-hydrogen) atoms. The zero-order valence-corrected chi connectivity index (χ0v) is 14.0. The summed E-state index contributed by atoms with van der Waals surface area (Å²) in [5.74, 6) is 1.20. The van der Waals surface area contributed by atoms with E-state index in [1.54, 1.807) is 11.8 Å². The van der Waals surface area contributed by atoms with Crippen LogP contribution in [0.1, 0.15) is 17.4 Å². The maximum atomic E-state index is 12.2. The van der Waals surface area contributed by atoms with Gasteiger partial charge in [0.2, 0.25) is 5.91 Å². The fourth-order valence-electron chi connectivity index (χ4n) is 2.22. The number of hydrogen-bond donors (Lipinski definition) is 0. The predicted octanol–water partition coefficient (Wildman–Crippen LogP) is 2.93. The Morgan fingerprint density at radius 3 is 2.65 bits per heavy atom. The highest BCUT2D eigenvalue weighted by Gasteiger charge is 2.29. The first-order valence-electron chi connectivity index (χ1n) is 6.81. The molecule has 1 fully saturated rings. The average Bonchev–Trinajstić information content (AvgIpc) is 2.45. The summed E-state index contributed by atoms with van der Waals surface area (Å²) in [6.45, 7) is 1.71. The first kappa shape index (κ1) is 15.7. The van der Waals surface area contributed by atoms with Crippen LogP contribution in [0.5, 0.6) is 0 Å². The van der Waals surface area contributed by atoms with E-state index in [0.29, 0.717) is 6.42 Å². The number of benzene rings is 1. The van der Waals surface area contributed by atoms with Crippen LogP contribution in [0, 0.1) is 0 Å². The summed E-state index contributed by atoms with van der Waals surface area (Å²) < 4.78 is 0. The van der Waals surface area contributed by atoms with Crippen molar-refractivity contribution < 1.29 is 4.79 Å². The first-order valence-corrected chi connectivity index (χ1v) is 9.09. The lowest BCUT2D eigenvalue weighted by Gasteiger charge is -2.36. The molecule has 1 aromatic carbocycles. The van der Waals surface area contributed by atoms with E-state index >= 15 is 0 Å². The number of carbonyl (C=O) groups excluding carboxylic acids is 1. The highest BCUT2D eigenvalue weighted by molar-refractivity contribution is 7.99. The number of amides is 1. The fourth-order valence-corrected chi connectivity index (χ4v) is 3.89. The molecule has 3 nitrogen and oxygen atoms in total. The van der Waals surface area contributed by atoms with Gasteiger partial charge in [0.15, 0.2) is 0 Å². The number of rotatable bonds is 5. The van der Waals surface area contributed by atoms with E-state index < -0.39 is 0 Å². The van der Waals surface area contributed by atoms with E-state index in [4.69, 9.17) is 0 Å². The summed E-state index contributed by atoms with van der Waals surface area (Å²) in [5, 5.41) is 0.173. The molecule has 110 valence electrons. The van der Waals surface area contributed by atoms with Gasteiger partial charge < -0.3 is 9.80 Å². The Balaban J connectivity index is 2.14. The van der Waals surface area contributed by atoms with Gasteiger partial charge in [0.05, 0.1) is 0 Å². The van der Waals surface area contributed by atoms with Crippen molar-refractivity contribution in [1.29, 1.82) is 0 Å². The summed E-state index contributed by atoms with van der Waals surface area (Å²) in [4.78, 5) is 17.6. The maximum absolute atomic E-state index is 12.2. The second-order valence-electron chi connectivity index (χ2n) is 5.14. The number of nitrogens with zero attached hydrogens (tertiary/aromatic N) is 2. The zero-order chi connectivity index (χ0) is 14.5. The second-order valence-corrected chi connectivity index (χ2v) is 7.20. The summed E-state index contributed by atoms with van der Waals surface area (Å²) >= 11 is 3.62. The van der Waals surface area contributed by atoms with Crippen LogP contribution in [-0.4, -0.2) is 54.9 Å². The molecule has 0 aliphatic carbocycles. The lowest BCUT2D eigenvalue weighted by molar-refractivity contribution is -0.132. The Hall–Kier alpha value is -0.650. The Bertz CT molecular complexity index is 448. The van der Waals surface area contributed by atoms with E-state index in [1.165, 1.54) is 10.5 Å². The Morgan fingerprint density at radius 2 is 2.05 bits per heavy atom. The molecule has 0 N–H and O–H groups in total. The minimum Gasteiger partial charge on any atom is -0.325 e. The lowest BCUT2D eigenvalue weighted by atomic mass is 10.2. The van der Waals surface area contributed by atoms with Crippen LogP contribution in [0.2, 0.25) is 0 Å². The minimum absolute atomic E-state index is 0.173. The molecule has 1 aliphatic heterocycles. The van der Waals surface area contributed by atoms with Crippen molar-refractivity contribution in [1.82, 2.24) is 9.80 Å². The summed E-state index contributed by atoms with van der Waals surface area (Å²) in [6, 6.07) is 8.60. The molecular formula is C15H22N2OS2. The van der Waals surface area contributed by atoms with Gasteiger partial charge in [-0.05, 0) is 38.0 Å². The van der Waals surface area contributed by atoms with Gasteiger partial charge in [-0.2, -0.15) is 0 Å². The van der Waals surface area contributed by atoms with Gasteiger partial charge >= 0.3 is 0 Å². The number of thioether (sulfide) groups is 2. The van der Waals surface area contributed by atoms with Gasteiger partial charge in [-0.25, -0.2) is 0 Å². The van der Waals surface area contributed by atoms with Crippen molar-refractivity contribution in [2.24, 2.45) is 0 Å². The Labute approximate surface area is 130 Å². The van der Waals surface area contributed by atoms with Crippen molar-refractivity contribution in [2.75, 3.05) is 39.2 Å². The quantitative estimate of drug-likeness (QED) is 0.780. The molecule has 1 saturated heterocycles. The molecular weight excluding hydrogens is 288 g/mol. The predicted molar refractivity (Wildman–Crippen MR) is 88.3 cm³/mol. The Morgan fingerprint density at radius 1 is 1.35 bits per heavy atom. The Kier molecular flexibility index (Phi) is 5.81. The van der Waals surface area contributed by atoms with Gasteiger partial charge in [0, 0.05) is 30.2 Å². The molecule has 1 amide bonds. The molecule has 1 aliphatic rings. The second kappa shape index (κ2) is 7.38. The average molecular weight is 310 g/mol. The molecule has 1 heterocycles. The number of hydrogen-bond acceptors (Lipinski definition) is 4. The monoisotopic (exact) mass is 310 g/mol. The van der Waals surface area contributed by atoms with Gasteiger partial charge in [0.25, 0.3) is 0 Å². The number of likely N-dealkylation sites (N-methyl/N-ethyl adjacent to an activating group) is 1. The standard InChI is InChI=1S/C15H22N2OS2/c1-16(2)9-10-17-14(18)8-11-20-15(17)12-4-6-13(19-3)7-5-12/h4-7,15H,8-11H2,1-3H3. The van der Waals surface area contributed by atoms with Crippen molar-refractivity contribution in [3.8, 4) is 0 Å². The minimum atomic E-state index is 0.173. The van der Waals surface area contributed by atoms with Crippen molar-refractivity contribution >= 4 is 29.4 Å². The highest BCUT2D eigenvalue weighted by atomic mass is 32.2. The molecule has 5 heteroatoms. The lowest BCUT2D eigenvalue weighted by Crippen LogP contribution is -2.41. The zero-order valence-electron chi connectivity index (χ0n) is 12.3. The summed E-state index contributed by atoms with van der Waals surface area (Å²) in [5.41, 5.74) is 1.24. The van der Waals surface area contributed by atoms with Gasteiger partial charge in [-0.1, -0.05) is 12.1 Å². The van der Waals surface area contributed by atoms with Crippen LogP contribution in [0.4, 0.5) is 0 Å². The molecule has 1 unspecified atom stereocenters. The molecule has 2 rings (SSSR count). The molecule has 0 radical (unpaired) electrons. The third-order valence-corrected chi connectivity index (χ3v) is 5.41. The third kappa shape index (κ3) is 3.93. The van der Waals surface area contributed by atoms with Crippen LogP contribution in [0.15, 0.2) is 29.2 Å². The van der Waals surface area contributed by atoms with E-state index in [0.717, 1.165) is 18.8 Å². The highest BCUT2D eigenvalue weighted by Crippen LogP contribution is 2.37. The molecule has 0 spiro atoms. The van der Waals surface area contributed by atoms with Gasteiger partial charge in [-0.3, -0.25) is 4.79 Å². The first-order chi connectivity index (χ1) is 9.61. The third-order valence-electron chi connectivity index (χ3n) is 3.38. The molecule has 0 saturated carbocycles. The number of carbonyl (C=O) groups is 1. The van der Waals surface area contributed by atoms with Crippen molar-refractivity contribution in [3.05, 3.63) is 29.8 Å². The summed E-state index contributed by atoms with van der Waals surface area (Å²) in [7, 11) is 4.09. The van der Waals surface area contributed by atoms with E-state index in [2.05, 4.69) is 35.4 Å². The van der Waals surface area contributed by atoms with Crippen LogP contribution >= 0.6 is 23.5 Å². The molecule has 1 aromatic rings. The van der Waals surface area contributed by atoms with E-state index in [9.17, 15) is 4.79 Å². The maximum Gasteiger partial charge on any atom is 0.224 e. The molecule has 1 atom stereocenters. The normalized spacial score (nSPS) is 19.7. The van der Waals surface area contributed by atoms with Crippen LogP contribution in [0.3, 0.4) is 0 Å². The summed E-state index contributed by atoms with van der Waals surface area (Å²) in [6.07, 6.45) is 2.74. The van der Waals surface area contributed by atoms with Crippen LogP contribution in [-0.2, 0) is 4.79 Å². The van der Waals surface area contributed by atoms with Gasteiger partial charge in [-0.15, -0.1) is 23.5 Å². The van der Waals surface area contributed by atoms with E-state index in [1.807, 2.05) is 30.8 Å². The van der Waals surface area contributed by atoms with Crippen molar-refractivity contribution in [2.45, 2.75) is 16.7 Å². The van der Waals surface area contributed by atoms with Crippen LogP contribution < -0.4 is 0 Å². The smallest absolute Gasteiger partial charge is 0.224 e. The van der Waals surface area contributed by atoms with E-state index in [-0.39, 0.29) is 11.3 Å². The fraction of sp³-hybridized carbons (Fsp3) is 0.533. The van der Waals surface area contributed by atoms with Crippen molar-refractivity contribution in [3.63, 3.8) is 0 Å².